The van der Waals surface area contributed by atoms with Crippen molar-refractivity contribution in [3.8, 4) is 0 Å². The zero-order valence-corrected chi connectivity index (χ0v) is 14.4. The van der Waals surface area contributed by atoms with Gasteiger partial charge in [0.15, 0.2) is 0 Å². The molecule has 2 amide bonds. The van der Waals surface area contributed by atoms with Gasteiger partial charge < -0.3 is 10.6 Å². The lowest BCUT2D eigenvalue weighted by molar-refractivity contribution is -0.121. The molecular weight excluding hydrogens is 304 g/mol. The van der Waals surface area contributed by atoms with Crippen molar-refractivity contribution in [1.82, 2.24) is 15.1 Å². The van der Waals surface area contributed by atoms with Gasteiger partial charge in [-0.1, -0.05) is 17.7 Å². The Hall–Kier alpha value is -2.63. The number of benzene rings is 1. The Morgan fingerprint density at radius 1 is 1.17 bits per heavy atom. The van der Waals surface area contributed by atoms with Crippen molar-refractivity contribution in [2.75, 3.05) is 11.9 Å². The zero-order chi connectivity index (χ0) is 17.5. The van der Waals surface area contributed by atoms with Crippen LogP contribution >= 0.6 is 0 Å². The zero-order valence-electron chi connectivity index (χ0n) is 14.4. The number of aryl methyl sites for hydroxylation is 4. The van der Waals surface area contributed by atoms with Crippen LogP contribution in [0.1, 0.15) is 29.5 Å². The summed E-state index contributed by atoms with van der Waals surface area (Å²) in [5.74, 6) is -0.160. The Kier molecular flexibility index (Phi) is 6.12. The number of hydrogen-bond acceptors (Lipinski definition) is 3. The molecule has 0 saturated heterocycles. The van der Waals surface area contributed by atoms with Crippen molar-refractivity contribution in [2.24, 2.45) is 7.05 Å². The van der Waals surface area contributed by atoms with E-state index in [9.17, 15) is 9.59 Å². The Morgan fingerprint density at radius 3 is 2.62 bits per heavy atom. The van der Waals surface area contributed by atoms with E-state index in [-0.39, 0.29) is 18.2 Å². The molecule has 0 aliphatic heterocycles. The third kappa shape index (κ3) is 5.53. The fourth-order valence-corrected chi connectivity index (χ4v) is 2.43. The molecular formula is C18H24N4O2. The summed E-state index contributed by atoms with van der Waals surface area (Å²) in [5, 5.41) is 9.71. The molecule has 1 aromatic carbocycles. The Balaban J connectivity index is 1.67. The minimum Gasteiger partial charge on any atom is -0.356 e. The predicted octanol–water partition coefficient (Wildman–Crippen LogP) is 2.11. The van der Waals surface area contributed by atoms with Crippen LogP contribution in [0.2, 0.25) is 0 Å². The molecule has 2 rings (SSSR count). The van der Waals surface area contributed by atoms with E-state index in [4.69, 9.17) is 0 Å². The van der Waals surface area contributed by atoms with Crippen LogP contribution in [0.25, 0.3) is 0 Å². The van der Waals surface area contributed by atoms with Gasteiger partial charge in [-0.15, -0.1) is 0 Å². The highest BCUT2D eigenvalue weighted by atomic mass is 16.2. The minimum atomic E-state index is -0.102. The number of hydrogen-bond donors (Lipinski definition) is 2. The first-order valence-electron chi connectivity index (χ1n) is 8.05. The molecule has 0 saturated carbocycles. The summed E-state index contributed by atoms with van der Waals surface area (Å²) in [6.45, 7) is 4.31. The fraction of sp³-hybridized carbons (Fsp3) is 0.389. The molecule has 0 spiro atoms. The first-order valence-corrected chi connectivity index (χ1v) is 8.05. The topological polar surface area (TPSA) is 76.0 Å². The third-order valence-corrected chi connectivity index (χ3v) is 3.73. The lowest BCUT2D eigenvalue weighted by atomic mass is 10.1. The maximum atomic E-state index is 11.9. The summed E-state index contributed by atoms with van der Waals surface area (Å²) in [7, 11) is 1.85. The second-order valence-electron chi connectivity index (χ2n) is 5.99. The lowest BCUT2D eigenvalue weighted by Gasteiger charge is -2.09. The van der Waals surface area contributed by atoms with Gasteiger partial charge in [-0.25, -0.2) is 0 Å². The average Bonchev–Trinajstić information content (AvgIpc) is 2.94. The molecule has 0 unspecified atom stereocenters. The third-order valence-electron chi connectivity index (χ3n) is 3.73. The van der Waals surface area contributed by atoms with E-state index in [0.29, 0.717) is 19.4 Å². The normalized spacial score (nSPS) is 10.5. The second kappa shape index (κ2) is 8.29. The monoisotopic (exact) mass is 328 g/mol. The number of carbonyl (C=O) groups is 2. The van der Waals surface area contributed by atoms with Gasteiger partial charge in [0, 0.05) is 38.3 Å². The molecule has 2 N–H and O–H groups in total. The van der Waals surface area contributed by atoms with E-state index in [1.807, 2.05) is 45.3 Å². The first-order chi connectivity index (χ1) is 11.4. The predicted molar refractivity (Wildman–Crippen MR) is 93.7 cm³/mol. The van der Waals surface area contributed by atoms with Crippen LogP contribution in [0.5, 0.6) is 0 Å². The molecule has 1 aromatic heterocycles. The number of carbonyl (C=O) groups excluding carboxylic acids is 2. The van der Waals surface area contributed by atoms with Crippen LogP contribution in [0, 0.1) is 13.8 Å². The van der Waals surface area contributed by atoms with Gasteiger partial charge >= 0.3 is 0 Å². The summed E-state index contributed by atoms with van der Waals surface area (Å²) in [5.41, 5.74) is 4.03. The maximum absolute atomic E-state index is 11.9. The smallest absolute Gasteiger partial charge is 0.226 e. The molecule has 6 nitrogen and oxygen atoms in total. The molecule has 2 aromatic rings. The Bertz CT molecular complexity index is 722. The molecule has 128 valence electrons. The van der Waals surface area contributed by atoms with E-state index in [1.54, 1.807) is 10.9 Å². The summed E-state index contributed by atoms with van der Waals surface area (Å²) in [6, 6.07) is 5.88. The molecule has 6 heteroatoms. The second-order valence-corrected chi connectivity index (χ2v) is 5.99. The quantitative estimate of drug-likeness (QED) is 0.817. The van der Waals surface area contributed by atoms with Gasteiger partial charge in [-0.2, -0.15) is 5.10 Å². The summed E-state index contributed by atoms with van der Waals surface area (Å²) >= 11 is 0. The lowest BCUT2D eigenvalue weighted by Crippen LogP contribution is -2.27. The SMILES string of the molecule is Cc1ccc(NC(=O)CCNC(=O)CCc2cnn(C)c2)c(C)c1. The van der Waals surface area contributed by atoms with Crippen LogP contribution in [0.4, 0.5) is 5.69 Å². The van der Waals surface area contributed by atoms with Gasteiger partial charge in [-0.3, -0.25) is 14.3 Å². The van der Waals surface area contributed by atoms with Gasteiger partial charge in [-0.05, 0) is 37.5 Å². The standard InChI is InChI=1S/C18H24N4O2/c1-13-4-6-16(14(2)10-13)21-18(24)8-9-19-17(23)7-5-15-11-20-22(3)12-15/h4,6,10-12H,5,7-9H2,1-3H3,(H,19,23)(H,21,24). The van der Waals surface area contributed by atoms with E-state index >= 15 is 0 Å². The molecule has 0 radical (unpaired) electrons. The Labute approximate surface area is 142 Å². The van der Waals surface area contributed by atoms with E-state index in [0.717, 1.165) is 22.4 Å². The van der Waals surface area contributed by atoms with Crippen LogP contribution in [-0.2, 0) is 23.1 Å². The highest BCUT2D eigenvalue weighted by Gasteiger charge is 2.07. The van der Waals surface area contributed by atoms with Crippen LogP contribution in [-0.4, -0.2) is 28.1 Å². The van der Waals surface area contributed by atoms with Crippen molar-refractivity contribution in [3.05, 3.63) is 47.3 Å². The fourth-order valence-electron chi connectivity index (χ4n) is 2.43. The molecule has 1 heterocycles. The summed E-state index contributed by atoms with van der Waals surface area (Å²) in [4.78, 5) is 23.7. The molecule has 0 fully saturated rings. The van der Waals surface area contributed by atoms with Crippen LogP contribution < -0.4 is 10.6 Å². The number of rotatable bonds is 7. The molecule has 0 atom stereocenters. The van der Waals surface area contributed by atoms with E-state index in [2.05, 4.69) is 15.7 Å². The minimum absolute atomic E-state index is 0.0573. The maximum Gasteiger partial charge on any atom is 0.226 e. The molecule has 0 aliphatic carbocycles. The first kappa shape index (κ1) is 17.7. The highest BCUT2D eigenvalue weighted by molar-refractivity contribution is 5.91. The number of nitrogens with zero attached hydrogens (tertiary/aromatic N) is 2. The average molecular weight is 328 g/mol. The van der Waals surface area contributed by atoms with Gasteiger partial charge in [0.2, 0.25) is 11.8 Å². The van der Waals surface area contributed by atoms with Crippen molar-refractivity contribution in [3.63, 3.8) is 0 Å². The number of nitrogens with one attached hydrogen (secondary N) is 2. The van der Waals surface area contributed by atoms with Crippen molar-refractivity contribution in [2.45, 2.75) is 33.1 Å². The van der Waals surface area contributed by atoms with Crippen molar-refractivity contribution < 1.29 is 9.59 Å². The molecule has 0 aliphatic rings. The van der Waals surface area contributed by atoms with Crippen molar-refractivity contribution in [1.29, 1.82) is 0 Å². The van der Waals surface area contributed by atoms with Gasteiger partial charge in [0.1, 0.15) is 0 Å². The largest absolute Gasteiger partial charge is 0.356 e. The molecule has 0 bridgehead atoms. The van der Waals surface area contributed by atoms with E-state index < -0.39 is 0 Å². The molecule has 24 heavy (non-hydrogen) atoms. The summed E-state index contributed by atoms with van der Waals surface area (Å²) < 4.78 is 1.71. The number of anilines is 1. The van der Waals surface area contributed by atoms with Crippen LogP contribution in [0.15, 0.2) is 30.6 Å². The van der Waals surface area contributed by atoms with Gasteiger partial charge in [0.25, 0.3) is 0 Å². The Morgan fingerprint density at radius 2 is 1.96 bits per heavy atom. The highest BCUT2D eigenvalue weighted by Crippen LogP contribution is 2.16. The van der Waals surface area contributed by atoms with E-state index in [1.165, 1.54) is 0 Å². The van der Waals surface area contributed by atoms with Crippen LogP contribution in [0.3, 0.4) is 0 Å². The number of amides is 2. The van der Waals surface area contributed by atoms with Crippen molar-refractivity contribution >= 4 is 17.5 Å². The summed E-state index contributed by atoms with van der Waals surface area (Å²) in [6.07, 6.45) is 4.94. The van der Waals surface area contributed by atoms with Gasteiger partial charge in [0.05, 0.1) is 6.20 Å². The number of aromatic nitrogens is 2.